The van der Waals surface area contributed by atoms with E-state index in [9.17, 15) is 14.9 Å². The molecule has 1 amide bonds. The van der Waals surface area contributed by atoms with E-state index in [1.54, 1.807) is 4.90 Å². The number of ether oxygens (including phenoxy) is 1. The summed E-state index contributed by atoms with van der Waals surface area (Å²) in [5.41, 5.74) is 0.461. The largest absolute Gasteiger partial charge is 0.496 e. The Hall–Kier alpha value is -2.37. The molecule has 0 saturated heterocycles. The van der Waals surface area contributed by atoms with Gasteiger partial charge in [-0.3, -0.25) is 14.9 Å². The molecule has 0 saturated carbocycles. The van der Waals surface area contributed by atoms with Crippen molar-refractivity contribution in [2.24, 2.45) is 0 Å². The maximum atomic E-state index is 11.9. The molecule has 0 unspecified atom stereocenters. The Labute approximate surface area is 117 Å². The summed E-state index contributed by atoms with van der Waals surface area (Å²) in [6.07, 6.45) is 2.93. The zero-order valence-corrected chi connectivity index (χ0v) is 11.8. The molecule has 0 aromatic heterocycles. The SMILES string of the molecule is CCN(CC)C(=O)C=Cc1cc([N+](=O)[O-])ccc1OC. The number of carbonyl (C=O) groups is 1. The lowest BCUT2D eigenvalue weighted by molar-refractivity contribution is -0.384. The topological polar surface area (TPSA) is 72.7 Å². The number of likely N-dealkylation sites (N-methyl/N-ethyl adjacent to an activating group) is 1. The number of nitro benzene ring substituents is 1. The minimum absolute atomic E-state index is 0.0410. The van der Waals surface area contributed by atoms with E-state index in [4.69, 9.17) is 4.74 Å². The van der Waals surface area contributed by atoms with Gasteiger partial charge < -0.3 is 9.64 Å². The van der Waals surface area contributed by atoms with E-state index in [1.165, 1.54) is 37.5 Å². The van der Waals surface area contributed by atoms with Crippen LogP contribution in [0.15, 0.2) is 24.3 Å². The van der Waals surface area contributed by atoms with E-state index in [0.717, 1.165) is 0 Å². The molecule has 0 N–H and O–H groups in total. The van der Waals surface area contributed by atoms with Gasteiger partial charge in [0.1, 0.15) is 5.75 Å². The Balaban J connectivity index is 3.03. The normalized spacial score (nSPS) is 10.6. The third kappa shape index (κ3) is 3.81. The van der Waals surface area contributed by atoms with Crippen molar-refractivity contribution in [3.63, 3.8) is 0 Å². The van der Waals surface area contributed by atoms with E-state index in [0.29, 0.717) is 24.4 Å². The summed E-state index contributed by atoms with van der Waals surface area (Å²) in [6, 6.07) is 4.26. The Morgan fingerprint density at radius 2 is 2.05 bits per heavy atom. The van der Waals surface area contributed by atoms with Crippen LogP contribution in [0.3, 0.4) is 0 Å². The van der Waals surface area contributed by atoms with Crippen molar-refractivity contribution < 1.29 is 14.5 Å². The molecule has 0 aliphatic rings. The first-order valence-electron chi connectivity index (χ1n) is 6.32. The summed E-state index contributed by atoms with van der Waals surface area (Å²) in [5, 5.41) is 10.8. The maximum Gasteiger partial charge on any atom is 0.270 e. The number of hydrogen-bond acceptors (Lipinski definition) is 4. The highest BCUT2D eigenvalue weighted by Crippen LogP contribution is 2.25. The minimum atomic E-state index is -0.483. The van der Waals surface area contributed by atoms with Crippen LogP contribution in [-0.4, -0.2) is 35.9 Å². The lowest BCUT2D eigenvalue weighted by Crippen LogP contribution is -2.28. The van der Waals surface area contributed by atoms with Crippen LogP contribution in [0.2, 0.25) is 0 Å². The number of rotatable bonds is 6. The van der Waals surface area contributed by atoms with Gasteiger partial charge in [0.25, 0.3) is 5.69 Å². The van der Waals surface area contributed by atoms with Gasteiger partial charge >= 0.3 is 0 Å². The van der Waals surface area contributed by atoms with Gasteiger partial charge in [0.15, 0.2) is 0 Å². The average molecular weight is 278 g/mol. The Bertz CT molecular complexity index is 522. The second kappa shape index (κ2) is 7.28. The van der Waals surface area contributed by atoms with E-state index in [-0.39, 0.29) is 11.6 Å². The number of non-ortho nitro benzene ring substituents is 1. The molecule has 0 radical (unpaired) electrons. The lowest BCUT2D eigenvalue weighted by Gasteiger charge is -2.15. The van der Waals surface area contributed by atoms with Gasteiger partial charge in [0, 0.05) is 36.9 Å². The summed E-state index contributed by atoms with van der Waals surface area (Å²) >= 11 is 0. The first-order valence-corrected chi connectivity index (χ1v) is 6.32. The van der Waals surface area contributed by atoms with Crippen LogP contribution in [0, 0.1) is 10.1 Å². The lowest BCUT2D eigenvalue weighted by atomic mass is 10.1. The number of benzene rings is 1. The predicted molar refractivity (Wildman–Crippen MR) is 76.6 cm³/mol. The molecular weight excluding hydrogens is 260 g/mol. The van der Waals surface area contributed by atoms with Gasteiger partial charge in [0.2, 0.25) is 5.91 Å². The Kier molecular flexibility index (Phi) is 5.71. The summed E-state index contributed by atoms with van der Waals surface area (Å²) in [6.45, 7) is 5.02. The van der Waals surface area contributed by atoms with Crippen molar-refractivity contribution in [1.82, 2.24) is 4.90 Å². The molecule has 6 heteroatoms. The molecular formula is C14H18N2O4. The Morgan fingerprint density at radius 1 is 1.40 bits per heavy atom. The first-order chi connectivity index (χ1) is 9.53. The fourth-order valence-electron chi connectivity index (χ4n) is 1.77. The highest BCUT2D eigenvalue weighted by Gasteiger charge is 2.10. The third-order valence-corrected chi connectivity index (χ3v) is 2.90. The number of nitro groups is 1. The molecule has 1 rings (SSSR count). The molecule has 0 atom stereocenters. The van der Waals surface area contributed by atoms with Gasteiger partial charge in [0.05, 0.1) is 12.0 Å². The van der Waals surface area contributed by atoms with Crippen molar-refractivity contribution in [3.05, 3.63) is 40.0 Å². The summed E-state index contributed by atoms with van der Waals surface area (Å²) < 4.78 is 5.13. The summed E-state index contributed by atoms with van der Waals surface area (Å²) in [4.78, 5) is 23.8. The van der Waals surface area contributed by atoms with Crippen molar-refractivity contribution in [2.75, 3.05) is 20.2 Å². The number of amides is 1. The molecule has 108 valence electrons. The van der Waals surface area contributed by atoms with Crippen molar-refractivity contribution in [1.29, 1.82) is 0 Å². The van der Waals surface area contributed by atoms with Crippen molar-refractivity contribution in [2.45, 2.75) is 13.8 Å². The highest BCUT2D eigenvalue weighted by molar-refractivity contribution is 5.92. The predicted octanol–water partition coefficient (Wildman–Crippen LogP) is 2.49. The monoisotopic (exact) mass is 278 g/mol. The second-order valence-corrected chi connectivity index (χ2v) is 4.03. The van der Waals surface area contributed by atoms with Gasteiger partial charge in [-0.05, 0) is 26.0 Å². The molecule has 0 heterocycles. The second-order valence-electron chi connectivity index (χ2n) is 4.03. The third-order valence-electron chi connectivity index (χ3n) is 2.90. The molecule has 0 bridgehead atoms. The first kappa shape index (κ1) is 15.7. The summed E-state index contributed by atoms with van der Waals surface area (Å²) in [5.74, 6) is 0.350. The number of methoxy groups -OCH3 is 1. The molecule has 0 aliphatic heterocycles. The van der Waals surface area contributed by atoms with E-state index in [1.807, 2.05) is 13.8 Å². The molecule has 1 aromatic carbocycles. The van der Waals surface area contributed by atoms with Crippen LogP contribution in [0.25, 0.3) is 6.08 Å². The molecule has 6 nitrogen and oxygen atoms in total. The van der Waals surface area contributed by atoms with Crippen LogP contribution in [0.1, 0.15) is 19.4 Å². The van der Waals surface area contributed by atoms with Crippen LogP contribution < -0.4 is 4.74 Å². The Morgan fingerprint density at radius 3 is 2.55 bits per heavy atom. The number of carbonyl (C=O) groups excluding carboxylic acids is 1. The molecule has 1 aromatic rings. The van der Waals surface area contributed by atoms with Crippen molar-refractivity contribution in [3.8, 4) is 5.75 Å². The van der Waals surface area contributed by atoms with E-state index >= 15 is 0 Å². The number of hydrogen-bond donors (Lipinski definition) is 0. The van der Waals surface area contributed by atoms with E-state index < -0.39 is 4.92 Å². The quantitative estimate of drug-likeness (QED) is 0.455. The molecule has 0 fully saturated rings. The highest BCUT2D eigenvalue weighted by atomic mass is 16.6. The van der Waals surface area contributed by atoms with E-state index in [2.05, 4.69) is 0 Å². The minimum Gasteiger partial charge on any atom is -0.496 e. The van der Waals surface area contributed by atoms with Gasteiger partial charge in [-0.25, -0.2) is 0 Å². The number of nitrogens with zero attached hydrogens (tertiary/aromatic N) is 2. The van der Waals surface area contributed by atoms with Gasteiger partial charge in [-0.15, -0.1) is 0 Å². The molecule has 20 heavy (non-hydrogen) atoms. The smallest absolute Gasteiger partial charge is 0.270 e. The maximum absolute atomic E-state index is 11.9. The summed E-state index contributed by atoms with van der Waals surface area (Å²) in [7, 11) is 1.48. The zero-order valence-electron chi connectivity index (χ0n) is 11.8. The fourth-order valence-corrected chi connectivity index (χ4v) is 1.77. The fraction of sp³-hybridized carbons (Fsp3) is 0.357. The average Bonchev–Trinajstić information content (AvgIpc) is 2.45. The molecule has 0 spiro atoms. The van der Waals surface area contributed by atoms with Gasteiger partial charge in [-0.1, -0.05) is 0 Å². The van der Waals surface area contributed by atoms with Crippen LogP contribution in [0.4, 0.5) is 5.69 Å². The van der Waals surface area contributed by atoms with Crippen molar-refractivity contribution >= 4 is 17.7 Å². The van der Waals surface area contributed by atoms with Crippen LogP contribution >= 0.6 is 0 Å². The van der Waals surface area contributed by atoms with Crippen LogP contribution in [-0.2, 0) is 4.79 Å². The zero-order chi connectivity index (χ0) is 15.1. The van der Waals surface area contributed by atoms with Gasteiger partial charge in [-0.2, -0.15) is 0 Å². The standard InChI is InChI=1S/C14H18N2O4/c1-4-15(5-2)14(17)9-6-11-10-12(16(18)19)7-8-13(11)20-3/h6-10H,4-5H2,1-3H3. The van der Waals surface area contributed by atoms with Crippen LogP contribution in [0.5, 0.6) is 5.75 Å². The molecule has 0 aliphatic carbocycles.